The SMILES string of the molecule is COC(=O)CNC(=O)C(C)Oc1cc(-n2c(=O)n(C)c(=S)n(C)c2=O)c(F)cc1Cl. The molecular formula is C17H18ClFN4O6S. The highest BCUT2D eigenvalue weighted by atomic mass is 35.5. The molecule has 0 radical (unpaired) electrons. The van der Waals surface area contributed by atoms with E-state index in [0.29, 0.717) is 4.57 Å². The van der Waals surface area contributed by atoms with Gasteiger partial charge >= 0.3 is 17.3 Å². The van der Waals surface area contributed by atoms with Crippen LogP contribution in [0.5, 0.6) is 5.75 Å². The third kappa shape index (κ3) is 4.60. The summed E-state index contributed by atoms with van der Waals surface area (Å²) in [4.78, 5) is 48.2. The molecule has 1 aromatic heterocycles. The van der Waals surface area contributed by atoms with Crippen molar-refractivity contribution in [2.45, 2.75) is 13.0 Å². The van der Waals surface area contributed by atoms with Gasteiger partial charge in [-0.05, 0) is 25.2 Å². The number of hydrogen-bond donors (Lipinski definition) is 1. The van der Waals surface area contributed by atoms with E-state index in [2.05, 4.69) is 10.1 Å². The van der Waals surface area contributed by atoms with E-state index in [9.17, 15) is 23.6 Å². The van der Waals surface area contributed by atoms with Gasteiger partial charge in [-0.3, -0.25) is 18.7 Å². The van der Waals surface area contributed by atoms with Crippen LogP contribution in [0.15, 0.2) is 21.7 Å². The van der Waals surface area contributed by atoms with Gasteiger partial charge in [-0.15, -0.1) is 0 Å². The van der Waals surface area contributed by atoms with Crippen molar-refractivity contribution in [3.05, 3.63) is 48.7 Å². The zero-order chi connectivity index (χ0) is 22.7. The minimum Gasteiger partial charge on any atom is -0.479 e. The van der Waals surface area contributed by atoms with Crippen molar-refractivity contribution < 1.29 is 23.5 Å². The number of esters is 1. The molecule has 1 atom stereocenters. The lowest BCUT2D eigenvalue weighted by Crippen LogP contribution is -2.44. The van der Waals surface area contributed by atoms with Crippen molar-refractivity contribution in [3.63, 3.8) is 0 Å². The van der Waals surface area contributed by atoms with Crippen LogP contribution in [0, 0.1) is 10.6 Å². The Balaban J connectivity index is 2.47. The highest BCUT2D eigenvalue weighted by Gasteiger charge is 2.21. The summed E-state index contributed by atoms with van der Waals surface area (Å²) >= 11 is 11.0. The van der Waals surface area contributed by atoms with Crippen LogP contribution in [-0.4, -0.2) is 45.3 Å². The van der Waals surface area contributed by atoms with E-state index in [4.69, 9.17) is 28.6 Å². The van der Waals surface area contributed by atoms with Crippen molar-refractivity contribution in [1.29, 1.82) is 0 Å². The van der Waals surface area contributed by atoms with Gasteiger partial charge < -0.3 is 14.8 Å². The van der Waals surface area contributed by atoms with Crippen LogP contribution >= 0.6 is 23.8 Å². The molecule has 1 unspecified atom stereocenters. The maximum absolute atomic E-state index is 14.6. The highest BCUT2D eigenvalue weighted by Crippen LogP contribution is 2.29. The van der Waals surface area contributed by atoms with Gasteiger partial charge in [0.05, 0.1) is 17.8 Å². The predicted molar refractivity (Wildman–Crippen MR) is 107 cm³/mol. The van der Waals surface area contributed by atoms with Crippen molar-refractivity contribution in [3.8, 4) is 11.4 Å². The second-order valence-corrected chi connectivity index (χ2v) is 6.86. The summed E-state index contributed by atoms with van der Waals surface area (Å²) in [5.41, 5.74) is -2.19. The average molecular weight is 461 g/mol. The highest BCUT2D eigenvalue weighted by molar-refractivity contribution is 7.71. The Kier molecular flexibility index (Phi) is 7.16. The van der Waals surface area contributed by atoms with Crippen LogP contribution in [0.3, 0.4) is 0 Å². The molecule has 13 heteroatoms. The first kappa shape index (κ1) is 23.3. The second kappa shape index (κ2) is 9.22. The average Bonchev–Trinajstić information content (AvgIpc) is 2.71. The summed E-state index contributed by atoms with van der Waals surface area (Å²) < 4.78 is 26.9. The van der Waals surface area contributed by atoms with Gasteiger partial charge in [0.25, 0.3) is 5.91 Å². The van der Waals surface area contributed by atoms with Crippen molar-refractivity contribution in [2.24, 2.45) is 14.1 Å². The Morgan fingerprint density at radius 1 is 1.23 bits per heavy atom. The summed E-state index contributed by atoms with van der Waals surface area (Å²) in [6, 6.07) is 1.87. The number of halogens is 2. The number of carbonyl (C=O) groups is 2. The molecule has 1 amide bonds. The molecule has 0 fully saturated rings. The zero-order valence-corrected chi connectivity index (χ0v) is 18.0. The van der Waals surface area contributed by atoms with E-state index >= 15 is 0 Å². The minimum atomic E-state index is -1.14. The molecule has 10 nitrogen and oxygen atoms in total. The number of ether oxygens (including phenoxy) is 2. The second-order valence-electron chi connectivity index (χ2n) is 6.09. The van der Waals surface area contributed by atoms with Gasteiger partial charge in [-0.1, -0.05) is 11.6 Å². The molecule has 162 valence electrons. The molecule has 0 spiro atoms. The fourth-order valence-corrected chi connectivity index (χ4v) is 2.73. The Morgan fingerprint density at radius 2 is 1.80 bits per heavy atom. The molecule has 2 aromatic rings. The number of aromatic nitrogens is 3. The largest absolute Gasteiger partial charge is 0.479 e. The molecule has 0 saturated heterocycles. The number of carbonyl (C=O) groups excluding carboxylic acids is 2. The lowest BCUT2D eigenvalue weighted by Gasteiger charge is -2.17. The maximum atomic E-state index is 14.6. The summed E-state index contributed by atoms with van der Waals surface area (Å²) in [5, 5.41) is 2.09. The third-order valence-corrected chi connectivity index (χ3v) is 4.92. The number of benzene rings is 1. The molecular weight excluding hydrogens is 443 g/mol. The van der Waals surface area contributed by atoms with Gasteiger partial charge in [-0.25, -0.2) is 18.5 Å². The quantitative estimate of drug-likeness (QED) is 0.492. The lowest BCUT2D eigenvalue weighted by atomic mass is 10.2. The number of methoxy groups -OCH3 is 1. The Hall–Kier alpha value is -2.99. The fraction of sp³-hybridized carbons (Fsp3) is 0.353. The van der Waals surface area contributed by atoms with Crippen LogP contribution in [0.1, 0.15) is 6.92 Å². The normalized spacial score (nSPS) is 11.7. The summed E-state index contributed by atoms with van der Waals surface area (Å²) in [6.45, 7) is 0.990. The first-order valence-corrected chi connectivity index (χ1v) is 9.17. The minimum absolute atomic E-state index is 0.0528. The number of nitrogens with one attached hydrogen (secondary N) is 1. The topological polar surface area (TPSA) is 114 Å². The van der Waals surface area contributed by atoms with Gasteiger partial charge in [-0.2, -0.15) is 0 Å². The van der Waals surface area contributed by atoms with Crippen LogP contribution in [0.2, 0.25) is 5.02 Å². The summed E-state index contributed by atoms with van der Waals surface area (Å²) in [7, 11) is 3.83. The van der Waals surface area contributed by atoms with E-state index in [-0.39, 0.29) is 22.1 Å². The molecule has 1 aromatic carbocycles. The monoisotopic (exact) mass is 460 g/mol. The number of rotatable bonds is 6. The number of nitrogens with zero attached hydrogens (tertiary/aromatic N) is 3. The van der Waals surface area contributed by atoms with Crippen molar-refractivity contribution >= 4 is 35.7 Å². The Labute approximate surface area is 179 Å². The molecule has 1 N–H and O–H groups in total. The zero-order valence-electron chi connectivity index (χ0n) is 16.4. The third-order valence-electron chi connectivity index (χ3n) is 4.08. The summed E-state index contributed by atoms with van der Waals surface area (Å²) in [5.74, 6) is -2.46. The Bertz CT molecular complexity index is 1150. The predicted octanol–water partition coefficient (Wildman–Crippen LogP) is 0.453. The smallest absolute Gasteiger partial charge is 0.338 e. The van der Waals surface area contributed by atoms with E-state index in [1.54, 1.807) is 0 Å². The van der Waals surface area contributed by atoms with E-state index in [0.717, 1.165) is 21.3 Å². The lowest BCUT2D eigenvalue weighted by molar-refractivity contribution is -0.141. The first-order chi connectivity index (χ1) is 14.0. The van der Waals surface area contributed by atoms with Gasteiger partial charge in [0.15, 0.2) is 10.9 Å². The van der Waals surface area contributed by atoms with E-state index in [1.165, 1.54) is 28.1 Å². The molecule has 2 rings (SSSR count). The van der Waals surface area contributed by atoms with Crippen LogP contribution in [-0.2, 0) is 28.4 Å². The van der Waals surface area contributed by atoms with Crippen LogP contribution < -0.4 is 21.4 Å². The van der Waals surface area contributed by atoms with Gasteiger partial charge in [0, 0.05) is 20.2 Å². The van der Waals surface area contributed by atoms with Gasteiger partial charge in [0.1, 0.15) is 18.1 Å². The molecule has 0 saturated carbocycles. The van der Waals surface area contributed by atoms with Crippen molar-refractivity contribution in [1.82, 2.24) is 19.0 Å². The van der Waals surface area contributed by atoms with Crippen LogP contribution in [0.25, 0.3) is 5.69 Å². The van der Waals surface area contributed by atoms with E-state index < -0.39 is 40.9 Å². The standard InChI is InChI=1S/C17H18ClFN4O6S/c1-8(14(25)20-7-13(24)28-4)29-12-6-11(10(19)5-9(12)18)23-15(26)21(2)17(30)22(3)16(23)27/h5-6,8H,7H2,1-4H3,(H,20,25). The van der Waals surface area contributed by atoms with Gasteiger partial charge in [0.2, 0.25) is 0 Å². The maximum Gasteiger partial charge on any atom is 0.338 e. The fourth-order valence-electron chi connectivity index (χ4n) is 2.38. The van der Waals surface area contributed by atoms with Crippen LogP contribution in [0.4, 0.5) is 4.39 Å². The van der Waals surface area contributed by atoms with E-state index in [1.807, 2.05) is 0 Å². The number of hydrogen-bond acceptors (Lipinski definition) is 7. The molecule has 0 aliphatic rings. The molecule has 0 bridgehead atoms. The first-order valence-electron chi connectivity index (χ1n) is 8.39. The van der Waals surface area contributed by atoms with Crippen molar-refractivity contribution in [2.75, 3.05) is 13.7 Å². The molecule has 0 aliphatic heterocycles. The Morgan fingerprint density at radius 3 is 2.33 bits per heavy atom. The molecule has 1 heterocycles. The summed E-state index contributed by atoms with van der Waals surface area (Å²) in [6.07, 6.45) is -1.14. The molecule has 30 heavy (non-hydrogen) atoms. The number of amides is 1. The molecule has 0 aliphatic carbocycles.